The van der Waals surface area contributed by atoms with E-state index >= 15 is 0 Å². The number of benzene rings is 3. The minimum Gasteiger partial charge on any atom is -0.322 e. The van der Waals surface area contributed by atoms with Gasteiger partial charge in [0.2, 0.25) is 0 Å². The third-order valence-corrected chi connectivity index (χ3v) is 4.35. The number of nitrogens with zero attached hydrogens (tertiary/aromatic N) is 2. The molecule has 1 amide bonds. The van der Waals surface area contributed by atoms with Gasteiger partial charge in [0.1, 0.15) is 0 Å². The van der Waals surface area contributed by atoms with E-state index in [0.717, 1.165) is 5.56 Å². The molecule has 28 heavy (non-hydrogen) atoms. The monoisotopic (exact) mass is 369 g/mol. The topological polar surface area (TPSA) is 85.1 Å². The molecule has 1 heterocycles. The van der Waals surface area contributed by atoms with E-state index in [1.54, 1.807) is 12.1 Å². The normalized spacial score (nSPS) is 10.6. The number of nitro benzene ring substituents is 1. The van der Waals surface area contributed by atoms with Crippen LogP contribution in [0.4, 0.5) is 11.4 Å². The lowest BCUT2D eigenvalue weighted by molar-refractivity contribution is -0.384. The first-order valence-electron chi connectivity index (χ1n) is 8.63. The fourth-order valence-electron chi connectivity index (χ4n) is 3.02. The van der Waals surface area contributed by atoms with E-state index in [2.05, 4.69) is 10.3 Å². The Balaban J connectivity index is 1.78. The fraction of sp³-hybridized carbons (Fsp3) is 0. The van der Waals surface area contributed by atoms with Gasteiger partial charge >= 0.3 is 0 Å². The van der Waals surface area contributed by atoms with Crippen molar-refractivity contribution in [1.82, 2.24) is 4.98 Å². The summed E-state index contributed by atoms with van der Waals surface area (Å²) in [5, 5.41) is 14.4. The summed E-state index contributed by atoms with van der Waals surface area (Å²) in [7, 11) is 0. The molecule has 6 heteroatoms. The Morgan fingerprint density at radius 1 is 0.893 bits per heavy atom. The molecule has 0 unspecified atom stereocenters. The van der Waals surface area contributed by atoms with E-state index in [0.29, 0.717) is 27.8 Å². The van der Waals surface area contributed by atoms with Gasteiger partial charge in [0, 0.05) is 28.8 Å². The van der Waals surface area contributed by atoms with Gasteiger partial charge in [-0.25, -0.2) is 4.98 Å². The average molecular weight is 369 g/mol. The molecule has 4 aromatic rings. The second-order valence-corrected chi connectivity index (χ2v) is 6.20. The average Bonchev–Trinajstić information content (AvgIpc) is 2.73. The van der Waals surface area contributed by atoms with E-state index in [4.69, 9.17) is 0 Å². The predicted octanol–water partition coefficient (Wildman–Crippen LogP) is 5.06. The number of carbonyl (C=O) groups is 1. The quantitative estimate of drug-likeness (QED) is 0.402. The number of non-ortho nitro benzene ring substituents is 1. The molecule has 3 aromatic carbocycles. The van der Waals surface area contributed by atoms with Crippen LogP contribution < -0.4 is 5.32 Å². The highest BCUT2D eigenvalue weighted by Crippen LogP contribution is 2.26. The van der Waals surface area contributed by atoms with Gasteiger partial charge in [-0.05, 0) is 18.2 Å². The van der Waals surface area contributed by atoms with E-state index in [-0.39, 0.29) is 11.6 Å². The zero-order valence-electron chi connectivity index (χ0n) is 14.7. The number of aromatic nitrogens is 1. The predicted molar refractivity (Wildman–Crippen MR) is 108 cm³/mol. The fourth-order valence-corrected chi connectivity index (χ4v) is 3.02. The second-order valence-electron chi connectivity index (χ2n) is 6.20. The van der Waals surface area contributed by atoms with Gasteiger partial charge in [-0.2, -0.15) is 0 Å². The van der Waals surface area contributed by atoms with Gasteiger partial charge in [0.05, 0.1) is 21.7 Å². The molecule has 0 aliphatic heterocycles. The van der Waals surface area contributed by atoms with Crippen LogP contribution in [0.5, 0.6) is 0 Å². The van der Waals surface area contributed by atoms with Gasteiger partial charge < -0.3 is 5.32 Å². The van der Waals surface area contributed by atoms with Crippen molar-refractivity contribution in [3.63, 3.8) is 0 Å². The molecule has 0 atom stereocenters. The smallest absolute Gasteiger partial charge is 0.271 e. The zero-order valence-corrected chi connectivity index (χ0v) is 14.7. The summed E-state index contributed by atoms with van der Waals surface area (Å²) >= 11 is 0. The van der Waals surface area contributed by atoms with Crippen molar-refractivity contribution in [2.75, 3.05) is 5.32 Å². The van der Waals surface area contributed by atoms with Crippen molar-refractivity contribution in [2.45, 2.75) is 0 Å². The SMILES string of the molecule is O=C(Nc1cccc([N+](=O)[O-])c1)c1cc(-c2ccccc2)nc2ccccc12. The second kappa shape index (κ2) is 7.28. The van der Waals surface area contributed by atoms with Crippen LogP contribution in [0.25, 0.3) is 22.2 Å². The number of rotatable bonds is 4. The van der Waals surface area contributed by atoms with Crippen molar-refractivity contribution in [2.24, 2.45) is 0 Å². The van der Waals surface area contributed by atoms with Crippen LogP contribution in [0, 0.1) is 10.1 Å². The molecule has 4 rings (SSSR count). The Kier molecular flexibility index (Phi) is 4.51. The van der Waals surface area contributed by atoms with Crippen LogP contribution in [0.15, 0.2) is 84.9 Å². The Hall–Kier alpha value is -4.06. The summed E-state index contributed by atoms with van der Waals surface area (Å²) in [5.41, 5.74) is 3.02. The van der Waals surface area contributed by atoms with Crippen molar-refractivity contribution < 1.29 is 9.72 Å². The van der Waals surface area contributed by atoms with Crippen LogP contribution in [0.1, 0.15) is 10.4 Å². The number of amides is 1. The van der Waals surface area contributed by atoms with Crippen LogP contribution in [0.3, 0.4) is 0 Å². The highest BCUT2D eigenvalue weighted by atomic mass is 16.6. The van der Waals surface area contributed by atoms with Crippen molar-refractivity contribution in [1.29, 1.82) is 0 Å². The highest BCUT2D eigenvalue weighted by molar-refractivity contribution is 6.13. The number of hydrogen-bond donors (Lipinski definition) is 1. The molecule has 1 N–H and O–H groups in total. The van der Waals surface area contributed by atoms with E-state index < -0.39 is 4.92 Å². The minimum atomic E-state index is -0.495. The first kappa shape index (κ1) is 17.4. The molecule has 0 saturated heterocycles. The number of nitro groups is 1. The van der Waals surface area contributed by atoms with E-state index in [1.165, 1.54) is 18.2 Å². The summed E-state index contributed by atoms with van der Waals surface area (Å²) in [5.74, 6) is -0.351. The van der Waals surface area contributed by atoms with Crippen LogP contribution >= 0.6 is 0 Å². The van der Waals surface area contributed by atoms with Gasteiger partial charge in [-0.15, -0.1) is 0 Å². The summed E-state index contributed by atoms with van der Waals surface area (Å²) in [6.07, 6.45) is 0. The number of carbonyl (C=O) groups excluding carboxylic acids is 1. The molecule has 6 nitrogen and oxygen atoms in total. The zero-order chi connectivity index (χ0) is 19.5. The maximum atomic E-state index is 13.0. The van der Waals surface area contributed by atoms with Crippen molar-refractivity contribution >= 4 is 28.2 Å². The van der Waals surface area contributed by atoms with Crippen LogP contribution in [0.2, 0.25) is 0 Å². The Labute approximate surface area is 160 Å². The minimum absolute atomic E-state index is 0.0811. The summed E-state index contributed by atoms with van der Waals surface area (Å²) in [6.45, 7) is 0. The van der Waals surface area contributed by atoms with Gasteiger partial charge in [0.15, 0.2) is 0 Å². The van der Waals surface area contributed by atoms with E-state index in [1.807, 2.05) is 54.6 Å². The molecular formula is C22H15N3O3. The Morgan fingerprint density at radius 2 is 1.64 bits per heavy atom. The number of para-hydroxylation sites is 1. The molecule has 0 bridgehead atoms. The molecule has 0 aliphatic rings. The van der Waals surface area contributed by atoms with Crippen molar-refractivity contribution in [3.05, 3.63) is 101 Å². The third kappa shape index (κ3) is 3.43. The largest absolute Gasteiger partial charge is 0.322 e. The number of hydrogen-bond acceptors (Lipinski definition) is 4. The summed E-state index contributed by atoms with van der Waals surface area (Å²) in [4.78, 5) is 28.1. The summed E-state index contributed by atoms with van der Waals surface area (Å²) < 4.78 is 0. The lowest BCUT2D eigenvalue weighted by atomic mass is 10.0. The standard InChI is InChI=1S/C22H15N3O3/c26-22(23-16-9-6-10-17(13-16)25(27)28)19-14-21(15-7-2-1-3-8-15)24-20-12-5-4-11-18(19)20/h1-14H,(H,23,26). The summed E-state index contributed by atoms with van der Waals surface area (Å²) in [6, 6.07) is 24.6. The molecule has 0 aliphatic carbocycles. The Bertz CT molecular complexity index is 1190. The third-order valence-electron chi connectivity index (χ3n) is 4.35. The molecular weight excluding hydrogens is 354 g/mol. The lowest BCUT2D eigenvalue weighted by Gasteiger charge is -2.11. The van der Waals surface area contributed by atoms with Gasteiger partial charge in [-0.1, -0.05) is 54.6 Å². The number of nitrogens with one attached hydrogen (secondary N) is 1. The van der Waals surface area contributed by atoms with Crippen molar-refractivity contribution in [3.8, 4) is 11.3 Å². The van der Waals surface area contributed by atoms with Gasteiger partial charge in [-0.3, -0.25) is 14.9 Å². The maximum absolute atomic E-state index is 13.0. The van der Waals surface area contributed by atoms with Crippen LogP contribution in [-0.2, 0) is 0 Å². The molecule has 0 fully saturated rings. The number of fused-ring (bicyclic) bond motifs is 1. The highest BCUT2D eigenvalue weighted by Gasteiger charge is 2.15. The molecule has 0 radical (unpaired) electrons. The maximum Gasteiger partial charge on any atom is 0.271 e. The number of pyridine rings is 1. The number of anilines is 1. The molecule has 1 aromatic heterocycles. The molecule has 136 valence electrons. The first-order valence-corrected chi connectivity index (χ1v) is 8.63. The first-order chi connectivity index (χ1) is 13.6. The lowest BCUT2D eigenvalue weighted by Crippen LogP contribution is -2.13. The Morgan fingerprint density at radius 3 is 2.43 bits per heavy atom. The van der Waals surface area contributed by atoms with Gasteiger partial charge in [0.25, 0.3) is 11.6 Å². The molecule has 0 saturated carbocycles. The van der Waals surface area contributed by atoms with E-state index in [9.17, 15) is 14.9 Å². The van der Waals surface area contributed by atoms with Crippen LogP contribution in [-0.4, -0.2) is 15.8 Å². The molecule has 0 spiro atoms.